The van der Waals surface area contributed by atoms with Gasteiger partial charge in [-0.3, -0.25) is 14.9 Å². The third kappa shape index (κ3) is 2.76. The zero-order valence-corrected chi connectivity index (χ0v) is 9.79. The van der Waals surface area contributed by atoms with E-state index in [0.717, 1.165) is 10.0 Å². The Kier molecular flexibility index (Phi) is 3.41. The summed E-state index contributed by atoms with van der Waals surface area (Å²) in [5, 5.41) is 13.1. The van der Waals surface area contributed by atoms with Crippen LogP contribution in [0.25, 0.3) is 0 Å². The van der Waals surface area contributed by atoms with Crippen molar-refractivity contribution in [3.05, 3.63) is 32.3 Å². The van der Waals surface area contributed by atoms with E-state index in [1.807, 2.05) is 0 Å². The van der Waals surface area contributed by atoms with Gasteiger partial charge in [0.1, 0.15) is 5.69 Å². The van der Waals surface area contributed by atoms with Gasteiger partial charge in [0.05, 0.1) is 4.92 Å². The van der Waals surface area contributed by atoms with Gasteiger partial charge >= 0.3 is 0 Å². The van der Waals surface area contributed by atoms with Crippen molar-refractivity contribution in [3.8, 4) is 0 Å². The Morgan fingerprint density at radius 3 is 2.60 bits per heavy atom. The Morgan fingerprint density at radius 1 is 1.53 bits per heavy atom. The molecule has 0 saturated carbocycles. The van der Waals surface area contributed by atoms with Crippen molar-refractivity contribution >= 4 is 33.2 Å². The van der Waals surface area contributed by atoms with Crippen LogP contribution < -0.4 is 5.32 Å². The molecule has 0 aliphatic heterocycles. The number of nitrogens with zero attached hydrogens (tertiary/aromatic N) is 1. The number of nitro benzene ring substituents is 1. The summed E-state index contributed by atoms with van der Waals surface area (Å²) in [6, 6.07) is 2.93. The molecule has 0 radical (unpaired) electrons. The smallest absolute Gasteiger partial charge is 0.293 e. The minimum atomic E-state index is -0.523. The number of benzene rings is 1. The highest BCUT2D eigenvalue weighted by atomic mass is 79.9. The Bertz CT molecular complexity index is 432. The zero-order valence-electron chi connectivity index (χ0n) is 8.20. The normalized spacial score (nSPS) is 9.80. The van der Waals surface area contributed by atoms with Gasteiger partial charge in [-0.2, -0.15) is 0 Å². The molecule has 0 unspecified atom stereocenters. The summed E-state index contributed by atoms with van der Waals surface area (Å²) in [6.07, 6.45) is 0. The average Bonchev–Trinajstić information content (AvgIpc) is 2.09. The Balaban J connectivity index is 3.28. The van der Waals surface area contributed by atoms with Crippen molar-refractivity contribution in [2.45, 2.75) is 13.8 Å². The van der Waals surface area contributed by atoms with Crippen LogP contribution in [0, 0.1) is 17.0 Å². The largest absolute Gasteiger partial charge is 0.321 e. The van der Waals surface area contributed by atoms with E-state index in [1.54, 1.807) is 6.92 Å². The highest BCUT2D eigenvalue weighted by Gasteiger charge is 2.16. The van der Waals surface area contributed by atoms with Crippen molar-refractivity contribution in [1.29, 1.82) is 0 Å². The average molecular weight is 273 g/mol. The molecule has 0 fully saturated rings. The molecule has 5 nitrogen and oxygen atoms in total. The molecule has 0 aromatic heterocycles. The molecule has 1 amide bonds. The molecule has 1 aromatic rings. The molecule has 6 heteroatoms. The summed E-state index contributed by atoms with van der Waals surface area (Å²) in [5.74, 6) is -0.339. The monoisotopic (exact) mass is 272 g/mol. The van der Waals surface area contributed by atoms with Gasteiger partial charge in [-0.25, -0.2) is 0 Å². The molecule has 0 bridgehead atoms. The third-order valence-corrected chi connectivity index (χ3v) is 2.64. The predicted molar refractivity (Wildman–Crippen MR) is 59.8 cm³/mol. The van der Waals surface area contributed by atoms with Gasteiger partial charge in [0.25, 0.3) is 5.69 Å². The van der Waals surface area contributed by atoms with Crippen LogP contribution in [0.4, 0.5) is 11.4 Å². The van der Waals surface area contributed by atoms with Crippen molar-refractivity contribution in [1.82, 2.24) is 0 Å². The molecule has 0 aliphatic carbocycles. The summed E-state index contributed by atoms with van der Waals surface area (Å²) < 4.78 is 0.719. The van der Waals surface area contributed by atoms with Crippen molar-refractivity contribution < 1.29 is 9.72 Å². The molecule has 0 heterocycles. The van der Waals surface area contributed by atoms with E-state index in [1.165, 1.54) is 19.1 Å². The lowest BCUT2D eigenvalue weighted by Crippen LogP contribution is -2.08. The van der Waals surface area contributed by atoms with E-state index in [2.05, 4.69) is 21.2 Å². The number of aryl methyl sites for hydroxylation is 1. The van der Waals surface area contributed by atoms with E-state index < -0.39 is 4.92 Å². The lowest BCUT2D eigenvalue weighted by Gasteiger charge is -2.05. The van der Waals surface area contributed by atoms with Crippen LogP contribution >= 0.6 is 15.9 Å². The van der Waals surface area contributed by atoms with Gasteiger partial charge < -0.3 is 5.32 Å². The summed E-state index contributed by atoms with van der Waals surface area (Å²) in [6.45, 7) is 3.05. The number of carbonyl (C=O) groups excluding carboxylic acids is 1. The first-order valence-corrected chi connectivity index (χ1v) is 4.93. The number of halogens is 1. The molecule has 80 valence electrons. The molecule has 0 spiro atoms. The summed E-state index contributed by atoms with van der Waals surface area (Å²) in [4.78, 5) is 21.0. The minimum Gasteiger partial charge on any atom is -0.321 e. The SMILES string of the molecule is CC(=O)Nc1cc(Br)c(C)cc1[N+](=O)[O-]. The van der Waals surface area contributed by atoms with Gasteiger partial charge in [-0.15, -0.1) is 0 Å². The first-order valence-electron chi connectivity index (χ1n) is 4.14. The highest BCUT2D eigenvalue weighted by molar-refractivity contribution is 9.10. The zero-order chi connectivity index (χ0) is 11.6. The third-order valence-electron chi connectivity index (χ3n) is 1.78. The molecule has 0 aliphatic rings. The topological polar surface area (TPSA) is 72.2 Å². The highest BCUT2D eigenvalue weighted by Crippen LogP contribution is 2.30. The van der Waals surface area contributed by atoms with Crippen molar-refractivity contribution in [2.24, 2.45) is 0 Å². The second-order valence-electron chi connectivity index (χ2n) is 3.06. The fraction of sp³-hybridized carbons (Fsp3) is 0.222. The Morgan fingerprint density at radius 2 is 2.13 bits per heavy atom. The number of nitrogens with one attached hydrogen (secondary N) is 1. The predicted octanol–water partition coefficient (Wildman–Crippen LogP) is 2.62. The van der Waals surface area contributed by atoms with Crippen LogP contribution in [0.2, 0.25) is 0 Å². The Labute approximate surface area is 94.8 Å². The quantitative estimate of drug-likeness (QED) is 0.665. The van der Waals surface area contributed by atoms with Crippen molar-refractivity contribution in [3.63, 3.8) is 0 Å². The molecular weight excluding hydrogens is 264 g/mol. The molecule has 0 atom stereocenters. The van der Waals surface area contributed by atoms with E-state index in [0.29, 0.717) is 0 Å². The number of amides is 1. The molecular formula is C9H9BrN2O3. The summed E-state index contributed by atoms with van der Waals surface area (Å²) >= 11 is 3.25. The molecule has 1 rings (SSSR count). The van der Waals surface area contributed by atoms with Crippen LogP contribution in [0.3, 0.4) is 0 Å². The van der Waals surface area contributed by atoms with Gasteiger partial charge in [0.15, 0.2) is 0 Å². The lowest BCUT2D eigenvalue weighted by molar-refractivity contribution is -0.384. The number of hydrogen-bond acceptors (Lipinski definition) is 3. The maximum absolute atomic E-state index is 10.8. The van der Waals surface area contributed by atoms with Crippen LogP contribution in [0.5, 0.6) is 0 Å². The van der Waals surface area contributed by atoms with Gasteiger partial charge in [0, 0.05) is 17.5 Å². The maximum atomic E-state index is 10.8. The molecule has 0 saturated heterocycles. The van der Waals surface area contributed by atoms with Crippen LogP contribution in [0.1, 0.15) is 12.5 Å². The fourth-order valence-corrected chi connectivity index (χ4v) is 1.45. The fourth-order valence-electron chi connectivity index (χ4n) is 1.11. The molecule has 1 N–H and O–H groups in total. The van der Waals surface area contributed by atoms with Crippen LogP contribution in [0.15, 0.2) is 16.6 Å². The number of rotatable bonds is 2. The van der Waals surface area contributed by atoms with Crippen LogP contribution in [-0.2, 0) is 4.79 Å². The summed E-state index contributed by atoms with van der Waals surface area (Å²) in [5.41, 5.74) is 0.840. The van der Waals surface area contributed by atoms with Gasteiger partial charge in [0.2, 0.25) is 5.91 Å². The first-order chi connectivity index (χ1) is 6.91. The van der Waals surface area contributed by atoms with E-state index in [9.17, 15) is 14.9 Å². The Hall–Kier alpha value is -1.43. The standard InChI is InChI=1S/C9H9BrN2O3/c1-5-3-9(12(14)15)8(4-7(5)10)11-6(2)13/h3-4H,1-2H3,(H,11,13). The molecule has 1 aromatic carbocycles. The minimum absolute atomic E-state index is 0.106. The van der Waals surface area contributed by atoms with E-state index in [4.69, 9.17) is 0 Å². The number of carbonyl (C=O) groups is 1. The number of hydrogen-bond donors (Lipinski definition) is 1. The van der Waals surface area contributed by atoms with Gasteiger partial charge in [-0.1, -0.05) is 15.9 Å². The lowest BCUT2D eigenvalue weighted by atomic mass is 10.2. The van der Waals surface area contributed by atoms with Crippen LogP contribution in [-0.4, -0.2) is 10.8 Å². The summed E-state index contributed by atoms with van der Waals surface area (Å²) in [7, 11) is 0. The number of anilines is 1. The van der Waals surface area contributed by atoms with Gasteiger partial charge in [-0.05, 0) is 18.6 Å². The van der Waals surface area contributed by atoms with E-state index >= 15 is 0 Å². The second kappa shape index (κ2) is 4.39. The van der Waals surface area contributed by atoms with Crippen molar-refractivity contribution in [2.75, 3.05) is 5.32 Å². The maximum Gasteiger partial charge on any atom is 0.293 e. The number of nitro groups is 1. The molecule has 15 heavy (non-hydrogen) atoms. The first kappa shape index (κ1) is 11.6. The second-order valence-corrected chi connectivity index (χ2v) is 3.91. The van der Waals surface area contributed by atoms with E-state index in [-0.39, 0.29) is 17.3 Å².